The summed E-state index contributed by atoms with van der Waals surface area (Å²) in [4.78, 5) is 12.7. The molecule has 36 heavy (non-hydrogen) atoms. The molecule has 3 heterocycles. The molecule has 1 spiro atoms. The second kappa shape index (κ2) is 9.06. The van der Waals surface area contributed by atoms with E-state index in [1.54, 1.807) is 0 Å². The quantitative estimate of drug-likeness (QED) is 0.429. The lowest BCUT2D eigenvalue weighted by molar-refractivity contribution is -0.360. The van der Waals surface area contributed by atoms with Gasteiger partial charge in [-0.05, 0) is 31.4 Å². The zero-order chi connectivity index (χ0) is 25.8. The molecule has 1 saturated carbocycles. The maximum absolute atomic E-state index is 13.8. The van der Waals surface area contributed by atoms with Crippen molar-refractivity contribution < 1.29 is 42.8 Å². The van der Waals surface area contributed by atoms with Crippen molar-refractivity contribution in [2.45, 2.75) is 62.2 Å². The third-order valence-electron chi connectivity index (χ3n) is 7.95. The summed E-state index contributed by atoms with van der Waals surface area (Å²) in [5.74, 6) is -7.43. The third kappa shape index (κ3) is 3.64. The Balaban J connectivity index is 1.55. The zero-order valence-corrected chi connectivity index (χ0v) is 19.2. The summed E-state index contributed by atoms with van der Waals surface area (Å²) < 4.78 is 53.9. The average molecular weight is 512 g/mol. The predicted octanol–water partition coefficient (Wildman–Crippen LogP) is 0.795. The van der Waals surface area contributed by atoms with Gasteiger partial charge in [-0.25, -0.2) is 17.9 Å². The monoisotopic (exact) mass is 512 g/mol. The van der Waals surface area contributed by atoms with Crippen LogP contribution in [-0.4, -0.2) is 73.5 Å². The van der Waals surface area contributed by atoms with E-state index in [1.807, 2.05) is 0 Å². The van der Waals surface area contributed by atoms with E-state index in [1.165, 1.54) is 6.20 Å². The molecule has 10 nitrogen and oxygen atoms in total. The fraction of sp³-hybridized carbons (Fsp3) is 0.609. The Morgan fingerprint density at radius 2 is 1.86 bits per heavy atom. The van der Waals surface area contributed by atoms with Gasteiger partial charge in [-0.1, -0.05) is 18.1 Å². The smallest absolute Gasteiger partial charge is 0.224 e. The molecule has 13 heteroatoms. The van der Waals surface area contributed by atoms with Crippen LogP contribution in [0.5, 0.6) is 0 Å². The maximum atomic E-state index is 13.8. The van der Waals surface area contributed by atoms with Crippen molar-refractivity contribution in [1.82, 2.24) is 15.0 Å². The Bertz CT molecular complexity index is 1140. The van der Waals surface area contributed by atoms with Crippen LogP contribution in [0.3, 0.4) is 0 Å². The molecule has 5 rings (SSSR count). The first-order chi connectivity index (χ1) is 17.1. The van der Waals surface area contributed by atoms with E-state index in [0.717, 1.165) is 29.7 Å². The van der Waals surface area contributed by atoms with Crippen LogP contribution in [0.25, 0.3) is 11.3 Å². The van der Waals surface area contributed by atoms with E-state index in [4.69, 9.17) is 15.2 Å². The molecule has 1 aromatic carbocycles. The highest BCUT2D eigenvalue weighted by molar-refractivity contribution is 5.81. The second-order valence-electron chi connectivity index (χ2n) is 9.74. The molecule has 1 aromatic heterocycles. The predicted molar refractivity (Wildman–Crippen MR) is 115 cm³/mol. The first-order valence-electron chi connectivity index (χ1n) is 11.8. The highest BCUT2D eigenvalue weighted by Gasteiger charge is 2.67. The molecule has 5 N–H and O–H groups in total. The van der Waals surface area contributed by atoms with Crippen LogP contribution in [-0.2, 0) is 14.3 Å². The van der Waals surface area contributed by atoms with Gasteiger partial charge in [0, 0.05) is 11.5 Å². The summed E-state index contributed by atoms with van der Waals surface area (Å²) in [5, 5.41) is 40.3. The highest BCUT2D eigenvalue weighted by atomic mass is 19.2. The Kier molecular flexibility index (Phi) is 6.32. The molecule has 0 radical (unpaired) electrons. The number of benzene rings is 1. The van der Waals surface area contributed by atoms with E-state index in [0.29, 0.717) is 19.3 Å². The number of nitrogens with zero attached hydrogens (tertiary/aromatic N) is 3. The topological polar surface area (TPSA) is 153 Å². The highest BCUT2D eigenvalue weighted by Crippen LogP contribution is 2.57. The Morgan fingerprint density at radius 1 is 1.19 bits per heavy atom. The Morgan fingerprint density at radius 3 is 2.47 bits per heavy atom. The number of ether oxygens (including phenoxy) is 2. The van der Waals surface area contributed by atoms with Crippen molar-refractivity contribution in [3.63, 3.8) is 0 Å². The second-order valence-corrected chi connectivity index (χ2v) is 9.74. The third-order valence-corrected chi connectivity index (χ3v) is 7.95. The summed E-state index contributed by atoms with van der Waals surface area (Å²) in [7, 11) is 0. The van der Waals surface area contributed by atoms with E-state index < -0.39 is 71.4 Å². The van der Waals surface area contributed by atoms with Gasteiger partial charge in [0.1, 0.15) is 30.0 Å². The average Bonchev–Trinajstić information content (AvgIpc) is 3.60. The summed E-state index contributed by atoms with van der Waals surface area (Å²) in [6.45, 7) is -0.490. The standard InChI is InChI=1S/C23H27F3N4O6/c24-12-7-11(8-13(25)17(12)26)14-9-30(29-28-14)18-19(32)15(10-31)36-23(20(18)33)16(3-6-35-23)22(21(27)34)4-1-2-5-22/h7-9,15-16,18-20,31-33H,1-6,10H2,(H2,27,34)/t15-,16-,18+,19+,20-,23+/m1/s1. The summed E-state index contributed by atoms with van der Waals surface area (Å²) in [6, 6.07) is 0.210. The number of carbonyl (C=O) groups excluding carboxylic acids is 1. The number of hydrogen-bond donors (Lipinski definition) is 4. The molecule has 196 valence electrons. The zero-order valence-electron chi connectivity index (χ0n) is 19.2. The minimum absolute atomic E-state index is 0.0541. The van der Waals surface area contributed by atoms with Crippen LogP contribution in [0.1, 0.15) is 38.1 Å². The number of aliphatic hydroxyl groups is 3. The van der Waals surface area contributed by atoms with Gasteiger partial charge in [-0.3, -0.25) is 4.79 Å². The summed E-state index contributed by atoms with van der Waals surface area (Å²) in [6.07, 6.45) is -0.228. The molecule has 3 fully saturated rings. The van der Waals surface area contributed by atoms with Crippen molar-refractivity contribution in [3.05, 3.63) is 35.8 Å². The fourth-order valence-electron chi connectivity index (χ4n) is 6.20. The molecular formula is C23H27F3N4O6. The van der Waals surface area contributed by atoms with Gasteiger partial charge in [0.05, 0.1) is 24.8 Å². The number of aromatic nitrogens is 3. The van der Waals surface area contributed by atoms with Crippen LogP contribution in [0.2, 0.25) is 0 Å². The van der Waals surface area contributed by atoms with Gasteiger partial charge in [0.25, 0.3) is 0 Å². The van der Waals surface area contributed by atoms with E-state index >= 15 is 0 Å². The minimum atomic E-state index is -1.78. The van der Waals surface area contributed by atoms with Gasteiger partial charge < -0.3 is 30.5 Å². The van der Waals surface area contributed by atoms with Gasteiger partial charge in [0.15, 0.2) is 17.5 Å². The summed E-state index contributed by atoms with van der Waals surface area (Å²) in [5.41, 5.74) is 4.68. The van der Waals surface area contributed by atoms with Crippen LogP contribution >= 0.6 is 0 Å². The molecule has 0 bridgehead atoms. The van der Waals surface area contributed by atoms with E-state index in [-0.39, 0.29) is 17.9 Å². The fourth-order valence-corrected chi connectivity index (χ4v) is 6.20. The SMILES string of the molecule is NC(=O)C1([C@H]2CCO[C@]23O[C@H](CO)[C@H](O)[C@H](n2cc(-c4cc(F)c(F)c(F)c4)nn2)[C@H]3O)CCCC1. The number of carbonyl (C=O) groups is 1. The lowest BCUT2D eigenvalue weighted by Gasteiger charge is -2.52. The lowest BCUT2D eigenvalue weighted by Crippen LogP contribution is -2.67. The number of amides is 1. The molecule has 3 aliphatic rings. The van der Waals surface area contributed by atoms with Crippen LogP contribution in [0.4, 0.5) is 13.2 Å². The van der Waals surface area contributed by atoms with Gasteiger partial charge >= 0.3 is 0 Å². The number of primary amides is 1. The van der Waals surface area contributed by atoms with Crippen LogP contribution < -0.4 is 5.73 Å². The Labute approximate surface area is 203 Å². The molecule has 1 aliphatic carbocycles. The van der Waals surface area contributed by atoms with Crippen molar-refractivity contribution in [3.8, 4) is 11.3 Å². The van der Waals surface area contributed by atoms with Gasteiger partial charge in [0.2, 0.25) is 11.7 Å². The minimum Gasteiger partial charge on any atom is -0.394 e. The normalized spacial score (nSPS) is 33.9. The number of aliphatic hydroxyl groups excluding tert-OH is 3. The largest absolute Gasteiger partial charge is 0.394 e. The number of hydrogen-bond acceptors (Lipinski definition) is 8. The number of nitrogens with two attached hydrogens (primary N) is 1. The molecule has 2 saturated heterocycles. The van der Waals surface area contributed by atoms with Crippen LogP contribution in [0, 0.1) is 28.8 Å². The van der Waals surface area contributed by atoms with E-state index in [2.05, 4.69) is 10.3 Å². The van der Waals surface area contributed by atoms with Crippen molar-refractivity contribution >= 4 is 5.91 Å². The van der Waals surface area contributed by atoms with Crippen molar-refractivity contribution in [2.24, 2.45) is 17.1 Å². The maximum Gasteiger partial charge on any atom is 0.224 e. The number of rotatable bonds is 5. The molecule has 1 amide bonds. The molecule has 2 aliphatic heterocycles. The molecule has 6 atom stereocenters. The van der Waals surface area contributed by atoms with Crippen molar-refractivity contribution in [1.29, 1.82) is 0 Å². The van der Waals surface area contributed by atoms with E-state index in [9.17, 15) is 33.3 Å². The van der Waals surface area contributed by atoms with Crippen LogP contribution in [0.15, 0.2) is 18.3 Å². The molecule has 2 aromatic rings. The van der Waals surface area contributed by atoms with Gasteiger partial charge in [-0.2, -0.15) is 0 Å². The van der Waals surface area contributed by atoms with Crippen molar-refractivity contribution in [2.75, 3.05) is 13.2 Å². The molecular weight excluding hydrogens is 485 g/mol. The summed E-state index contributed by atoms with van der Waals surface area (Å²) >= 11 is 0. The lowest BCUT2D eigenvalue weighted by atomic mass is 9.66. The molecule has 0 unspecified atom stereocenters. The number of halogens is 3. The first kappa shape index (κ1) is 25.1. The van der Waals surface area contributed by atoms with Gasteiger partial charge in [-0.15, -0.1) is 5.10 Å². The Hall–Kier alpha value is -2.58. The first-order valence-corrected chi connectivity index (χ1v) is 11.8.